The van der Waals surface area contributed by atoms with Gasteiger partial charge in [0.05, 0.1) is 0 Å². The molecule has 4 nitrogen and oxygen atoms in total. The van der Waals surface area contributed by atoms with E-state index < -0.39 is 0 Å². The monoisotopic (exact) mass is 292 g/mol. The lowest BCUT2D eigenvalue weighted by atomic mass is 9.48. The molecule has 1 aromatic rings. The Hall–Kier alpha value is -0.550. The molecule has 5 heteroatoms. The van der Waals surface area contributed by atoms with Gasteiger partial charge in [0.2, 0.25) is 0 Å². The lowest BCUT2D eigenvalue weighted by molar-refractivity contribution is -0.0629. The number of hydrogen-bond donors (Lipinski definition) is 1. The molecule has 4 aliphatic rings. The molecule has 110 valence electrons. The molecule has 1 aromatic heterocycles. The van der Waals surface area contributed by atoms with Gasteiger partial charge in [0.15, 0.2) is 5.16 Å². The van der Waals surface area contributed by atoms with Gasteiger partial charge in [-0.05, 0) is 61.7 Å². The Bertz CT molecular complexity index is 463. The molecule has 0 aromatic carbocycles. The molecule has 4 bridgehead atoms. The van der Waals surface area contributed by atoms with Gasteiger partial charge >= 0.3 is 0 Å². The lowest BCUT2D eigenvalue weighted by Gasteiger charge is -2.59. The van der Waals surface area contributed by atoms with E-state index in [9.17, 15) is 0 Å². The van der Waals surface area contributed by atoms with Crippen LogP contribution in [0.3, 0.4) is 0 Å². The zero-order valence-electron chi connectivity index (χ0n) is 12.2. The Kier molecular flexibility index (Phi) is 3.11. The fourth-order valence-electron chi connectivity index (χ4n) is 5.39. The Balaban J connectivity index is 1.45. The van der Waals surface area contributed by atoms with Crippen molar-refractivity contribution in [2.45, 2.75) is 49.7 Å². The summed E-state index contributed by atoms with van der Waals surface area (Å²) in [7, 11) is 1.95. The third-order valence-electron chi connectivity index (χ3n) is 5.93. The molecule has 5 rings (SSSR count). The first-order valence-electron chi connectivity index (χ1n) is 7.87. The van der Waals surface area contributed by atoms with Gasteiger partial charge in [-0.2, -0.15) is 5.10 Å². The number of aryl methyl sites for hydroxylation is 1. The van der Waals surface area contributed by atoms with E-state index in [-0.39, 0.29) is 0 Å². The average Bonchev–Trinajstić information content (AvgIpc) is 2.80. The van der Waals surface area contributed by atoms with Crippen LogP contribution >= 0.6 is 11.8 Å². The first-order chi connectivity index (χ1) is 9.64. The van der Waals surface area contributed by atoms with Gasteiger partial charge in [-0.25, -0.2) is 9.67 Å². The van der Waals surface area contributed by atoms with Crippen molar-refractivity contribution in [1.29, 1.82) is 0 Å². The molecular formula is C15H24N4S. The van der Waals surface area contributed by atoms with Crippen LogP contribution in [0.2, 0.25) is 0 Å². The zero-order chi connectivity index (χ0) is 13.7. The minimum absolute atomic E-state index is 0.317. The first kappa shape index (κ1) is 13.1. The van der Waals surface area contributed by atoms with Crippen molar-refractivity contribution in [2.24, 2.45) is 36.0 Å². The van der Waals surface area contributed by atoms with Crippen molar-refractivity contribution in [3.8, 4) is 0 Å². The minimum atomic E-state index is 0.317. The molecular weight excluding hydrogens is 268 g/mol. The summed E-state index contributed by atoms with van der Waals surface area (Å²) in [4.78, 5) is 4.29. The van der Waals surface area contributed by atoms with E-state index in [4.69, 9.17) is 5.73 Å². The number of nitrogens with zero attached hydrogens (tertiary/aromatic N) is 3. The Morgan fingerprint density at radius 3 is 2.40 bits per heavy atom. The van der Waals surface area contributed by atoms with Crippen LogP contribution in [0, 0.1) is 23.2 Å². The van der Waals surface area contributed by atoms with Crippen LogP contribution in [-0.4, -0.2) is 26.6 Å². The molecule has 1 heterocycles. The molecule has 0 aliphatic heterocycles. The highest BCUT2D eigenvalue weighted by Gasteiger charge is 2.53. The van der Waals surface area contributed by atoms with E-state index in [1.165, 1.54) is 38.5 Å². The largest absolute Gasteiger partial charge is 0.326 e. The second kappa shape index (κ2) is 4.73. The second-order valence-corrected chi connectivity index (χ2v) is 8.35. The minimum Gasteiger partial charge on any atom is -0.326 e. The molecule has 0 saturated heterocycles. The summed E-state index contributed by atoms with van der Waals surface area (Å²) in [6.45, 7) is 0. The van der Waals surface area contributed by atoms with E-state index in [2.05, 4.69) is 10.1 Å². The van der Waals surface area contributed by atoms with Crippen LogP contribution in [0.25, 0.3) is 0 Å². The van der Waals surface area contributed by atoms with E-state index >= 15 is 0 Å². The SMILES string of the molecule is Cn1ncnc1SCC(N)C12CC3CC(CC(C3)C1)C2. The summed E-state index contributed by atoms with van der Waals surface area (Å²) in [5.41, 5.74) is 7.11. The highest BCUT2D eigenvalue weighted by Crippen LogP contribution is 2.61. The number of thioether (sulfide) groups is 1. The predicted molar refractivity (Wildman–Crippen MR) is 80.3 cm³/mol. The van der Waals surface area contributed by atoms with Crippen molar-refractivity contribution >= 4 is 11.8 Å². The Morgan fingerprint density at radius 2 is 1.90 bits per heavy atom. The summed E-state index contributed by atoms with van der Waals surface area (Å²) in [5.74, 6) is 3.92. The van der Waals surface area contributed by atoms with E-state index in [0.717, 1.165) is 28.7 Å². The summed E-state index contributed by atoms with van der Waals surface area (Å²) >= 11 is 1.78. The quantitative estimate of drug-likeness (QED) is 0.866. The van der Waals surface area contributed by atoms with Crippen LogP contribution in [0.4, 0.5) is 0 Å². The molecule has 4 fully saturated rings. The molecule has 4 aliphatic carbocycles. The van der Waals surface area contributed by atoms with Crippen molar-refractivity contribution in [3.63, 3.8) is 0 Å². The van der Waals surface area contributed by atoms with Gasteiger partial charge in [0, 0.05) is 18.8 Å². The van der Waals surface area contributed by atoms with Crippen LogP contribution in [0.15, 0.2) is 11.5 Å². The van der Waals surface area contributed by atoms with Crippen LogP contribution in [0.1, 0.15) is 38.5 Å². The smallest absolute Gasteiger partial charge is 0.185 e. The van der Waals surface area contributed by atoms with Gasteiger partial charge in [0.25, 0.3) is 0 Å². The second-order valence-electron chi connectivity index (χ2n) is 7.36. The van der Waals surface area contributed by atoms with Gasteiger partial charge in [-0.15, -0.1) is 0 Å². The summed E-state index contributed by atoms with van der Waals surface area (Å²) in [6, 6.07) is 0.317. The van der Waals surface area contributed by atoms with E-state index in [0.29, 0.717) is 11.5 Å². The van der Waals surface area contributed by atoms with Crippen LogP contribution in [-0.2, 0) is 7.05 Å². The highest BCUT2D eigenvalue weighted by molar-refractivity contribution is 7.99. The number of rotatable bonds is 4. The van der Waals surface area contributed by atoms with Gasteiger partial charge in [-0.3, -0.25) is 0 Å². The van der Waals surface area contributed by atoms with Crippen molar-refractivity contribution < 1.29 is 0 Å². The summed E-state index contributed by atoms with van der Waals surface area (Å²) < 4.78 is 1.84. The van der Waals surface area contributed by atoms with E-state index in [1.807, 2.05) is 11.7 Å². The summed E-state index contributed by atoms with van der Waals surface area (Å²) in [6.07, 6.45) is 10.3. The molecule has 20 heavy (non-hydrogen) atoms. The van der Waals surface area contributed by atoms with Gasteiger partial charge in [0.1, 0.15) is 6.33 Å². The fourth-order valence-corrected chi connectivity index (χ4v) is 6.43. The first-order valence-corrected chi connectivity index (χ1v) is 8.85. The highest BCUT2D eigenvalue weighted by atomic mass is 32.2. The van der Waals surface area contributed by atoms with Crippen LogP contribution < -0.4 is 5.73 Å². The Labute approximate surface area is 124 Å². The molecule has 0 amide bonds. The molecule has 4 saturated carbocycles. The Morgan fingerprint density at radius 1 is 1.30 bits per heavy atom. The number of hydrogen-bond acceptors (Lipinski definition) is 4. The third-order valence-corrected chi connectivity index (χ3v) is 7.09. The zero-order valence-corrected chi connectivity index (χ0v) is 13.0. The maximum atomic E-state index is 6.66. The molecule has 1 unspecified atom stereocenters. The van der Waals surface area contributed by atoms with Crippen molar-refractivity contribution in [1.82, 2.24) is 14.8 Å². The van der Waals surface area contributed by atoms with Gasteiger partial charge < -0.3 is 5.73 Å². The normalized spacial score (nSPS) is 40.2. The predicted octanol–water partition coefficient (Wildman–Crippen LogP) is 2.45. The molecule has 0 radical (unpaired) electrons. The standard InChI is InChI=1S/C15H24N4S/c1-19-14(17-9-18-19)20-8-13(16)15-5-10-2-11(6-15)4-12(3-10)7-15/h9-13H,2-8,16H2,1H3. The third kappa shape index (κ3) is 2.10. The average molecular weight is 292 g/mol. The van der Waals surface area contributed by atoms with Crippen molar-refractivity contribution in [3.05, 3.63) is 6.33 Å². The fraction of sp³-hybridized carbons (Fsp3) is 0.867. The molecule has 1 atom stereocenters. The number of aromatic nitrogens is 3. The summed E-state index contributed by atoms with van der Waals surface area (Å²) in [5, 5.41) is 5.12. The van der Waals surface area contributed by atoms with E-state index in [1.54, 1.807) is 18.1 Å². The van der Waals surface area contributed by atoms with Crippen molar-refractivity contribution in [2.75, 3.05) is 5.75 Å². The topological polar surface area (TPSA) is 56.7 Å². The maximum Gasteiger partial charge on any atom is 0.185 e. The lowest BCUT2D eigenvalue weighted by Crippen LogP contribution is -2.55. The molecule has 0 spiro atoms. The van der Waals surface area contributed by atoms with Crippen LogP contribution in [0.5, 0.6) is 0 Å². The van der Waals surface area contributed by atoms with Gasteiger partial charge in [-0.1, -0.05) is 11.8 Å². The maximum absolute atomic E-state index is 6.66. The number of nitrogens with two attached hydrogens (primary N) is 1. The molecule has 2 N–H and O–H groups in total.